The Labute approximate surface area is 140 Å². The van der Waals surface area contributed by atoms with Crippen LogP contribution >= 0.6 is 0 Å². The molecule has 1 N–H and O–H groups in total. The number of anilines is 1. The van der Waals surface area contributed by atoms with Crippen LogP contribution in [0.5, 0.6) is 5.75 Å². The Morgan fingerprint density at radius 2 is 1.79 bits per heavy atom. The second kappa shape index (κ2) is 6.71. The molecule has 3 aromatic rings. The molecule has 0 saturated heterocycles. The van der Waals surface area contributed by atoms with Gasteiger partial charge in [-0.05, 0) is 53.6 Å². The molecule has 4 heteroatoms. The van der Waals surface area contributed by atoms with Crippen LogP contribution in [0.3, 0.4) is 0 Å². The third-order valence-corrected chi connectivity index (χ3v) is 4.06. The Bertz CT molecular complexity index is 892. The number of carbonyl (C=O) groups is 1. The van der Waals surface area contributed by atoms with E-state index in [9.17, 15) is 9.18 Å². The Hall–Kier alpha value is -2.88. The number of carbonyl (C=O) groups excluding carboxylic acids is 1. The lowest BCUT2D eigenvalue weighted by Gasteiger charge is -2.14. The summed E-state index contributed by atoms with van der Waals surface area (Å²) in [6.07, 6.45) is 0. The van der Waals surface area contributed by atoms with E-state index in [4.69, 9.17) is 4.74 Å². The normalized spacial score (nSPS) is 12.0. The van der Waals surface area contributed by atoms with Gasteiger partial charge in [0.2, 0.25) is 5.91 Å². The van der Waals surface area contributed by atoms with Gasteiger partial charge in [-0.15, -0.1) is 0 Å². The molecular formula is C20H18FNO2. The van der Waals surface area contributed by atoms with E-state index in [1.165, 1.54) is 12.1 Å². The summed E-state index contributed by atoms with van der Waals surface area (Å²) in [5.74, 6) is -0.0968. The van der Waals surface area contributed by atoms with Crippen molar-refractivity contribution >= 4 is 22.4 Å². The van der Waals surface area contributed by atoms with Crippen molar-refractivity contribution in [3.63, 3.8) is 0 Å². The van der Waals surface area contributed by atoms with E-state index in [0.29, 0.717) is 5.69 Å². The average molecular weight is 323 g/mol. The Kier molecular flexibility index (Phi) is 4.47. The number of hydrogen-bond acceptors (Lipinski definition) is 2. The molecule has 24 heavy (non-hydrogen) atoms. The molecule has 0 spiro atoms. The second-order valence-corrected chi connectivity index (χ2v) is 5.69. The van der Waals surface area contributed by atoms with Crippen LogP contribution in [0.4, 0.5) is 10.1 Å². The van der Waals surface area contributed by atoms with Crippen molar-refractivity contribution in [1.82, 2.24) is 0 Å². The molecule has 0 aliphatic rings. The fourth-order valence-electron chi connectivity index (χ4n) is 2.61. The van der Waals surface area contributed by atoms with Crippen LogP contribution in [0.25, 0.3) is 10.8 Å². The molecule has 0 bridgehead atoms. The summed E-state index contributed by atoms with van der Waals surface area (Å²) < 4.78 is 18.4. The number of benzene rings is 3. The summed E-state index contributed by atoms with van der Waals surface area (Å²) in [7, 11) is 1.63. The first-order valence-corrected chi connectivity index (χ1v) is 7.71. The number of rotatable bonds is 4. The molecule has 0 aliphatic heterocycles. The molecule has 0 radical (unpaired) electrons. The summed E-state index contributed by atoms with van der Waals surface area (Å²) in [6.45, 7) is 1.83. The first kappa shape index (κ1) is 16.0. The van der Waals surface area contributed by atoms with Gasteiger partial charge in [-0.25, -0.2) is 4.39 Å². The molecule has 1 atom stereocenters. The quantitative estimate of drug-likeness (QED) is 0.754. The van der Waals surface area contributed by atoms with Crippen molar-refractivity contribution in [1.29, 1.82) is 0 Å². The molecule has 1 unspecified atom stereocenters. The van der Waals surface area contributed by atoms with Crippen molar-refractivity contribution in [2.24, 2.45) is 0 Å². The van der Waals surface area contributed by atoms with Crippen molar-refractivity contribution in [2.75, 3.05) is 12.4 Å². The third kappa shape index (κ3) is 3.38. The van der Waals surface area contributed by atoms with E-state index in [2.05, 4.69) is 5.32 Å². The topological polar surface area (TPSA) is 38.3 Å². The van der Waals surface area contributed by atoms with E-state index >= 15 is 0 Å². The molecule has 0 heterocycles. The highest BCUT2D eigenvalue weighted by Crippen LogP contribution is 2.26. The molecule has 0 saturated carbocycles. The van der Waals surface area contributed by atoms with Gasteiger partial charge in [0.25, 0.3) is 0 Å². The van der Waals surface area contributed by atoms with E-state index in [0.717, 1.165) is 22.1 Å². The van der Waals surface area contributed by atoms with Crippen LogP contribution in [-0.2, 0) is 4.79 Å². The highest BCUT2D eigenvalue weighted by Gasteiger charge is 2.16. The smallest absolute Gasteiger partial charge is 0.231 e. The zero-order chi connectivity index (χ0) is 17.1. The maximum atomic E-state index is 13.2. The highest BCUT2D eigenvalue weighted by atomic mass is 19.1. The van der Waals surface area contributed by atoms with Gasteiger partial charge in [0.05, 0.1) is 13.0 Å². The predicted octanol–water partition coefficient (Wildman–Crippen LogP) is 4.73. The number of methoxy groups -OCH3 is 1. The molecule has 3 nitrogen and oxygen atoms in total. The van der Waals surface area contributed by atoms with Crippen molar-refractivity contribution < 1.29 is 13.9 Å². The molecule has 122 valence electrons. The SMILES string of the molecule is COc1ccc2cc(C(C)C(=O)Nc3cccc(F)c3)ccc2c1. The standard InChI is InChI=1S/C20H18FNO2/c1-13(20(23)22-18-5-3-4-17(21)12-18)14-6-7-16-11-19(24-2)9-8-15(16)10-14/h3-13H,1-2H3,(H,22,23). The number of hydrogen-bond donors (Lipinski definition) is 1. The highest BCUT2D eigenvalue weighted by molar-refractivity contribution is 5.96. The van der Waals surface area contributed by atoms with Gasteiger partial charge in [-0.3, -0.25) is 4.79 Å². The predicted molar refractivity (Wildman–Crippen MR) is 93.9 cm³/mol. The maximum absolute atomic E-state index is 13.2. The van der Waals surface area contributed by atoms with Crippen LogP contribution in [-0.4, -0.2) is 13.0 Å². The van der Waals surface area contributed by atoms with Gasteiger partial charge in [0.1, 0.15) is 11.6 Å². The van der Waals surface area contributed by atoms with Gasteiger partial charge in [-0.2, -0.15) is 0 Å². The van der Waals surface area contributed by atoms with Gasteiger partial charge in [0.15, 0.2) is 0 Å². The number of amides is 1. The summed E-state index contributed by atoms with van der Waals surface area (Å²) in [6, 6.07) is 17.6. The summed E-state index contributed by atoms with van der Waals surface area (Å²) in [4.78, 5) is 12.4. The Morgan fingerprint density at radius 1 is 1.04 bits per heavy atom. The minimum atomic E-state index is -0.375. The fourth-order valence-corrected chi connectivity index (χ4v) is 2.61. The first-order chi connectivity index (χ1) is 11.6. The molecule has 0 aromatic heterocycles. The zero-order valence-electron chi connectivity index (χ0n) is 13.5. The summed E-state index contributed by atoms with van der Waals surface area (Å²) >= 11 is 0. The number of ether oxygens (including phenoxy) is 1. The lowest BCUT2D eigenvalue weighted by Crippen LogP contribution is -2.18. The maximum Gasteiger partial charge on any atom is 0.231 e. The van der Waals surface area contributed by atoms with Gasteiger partial charge < -0.3 is 10.1 Å². The molecule has 3 aromatic carbocycles. The number of nitrogens with one attached hydrogen (secondary N) is 1. The van der Waals surface area contributed by atoms with Gasteiger partial charge >= 0.3 is 0 Å². The summed E-state index contributed by atoms with van der Waals surface area (Å²) in [5, 5.41) is 4.84. The van der Waals surface area contributed by atoms with Crippen LogP contribution in [0, 0.1) is 5.82 Å². The van der Waals surface area contributed by atoms with E-state index < -0.39 is 0 Å². The van der Waals surface area contributed by atoms with E-state index in [1.54, 1.807) is 19.2 Å². The lowest BCUT2D eigenvalue weighted by atomic mass is 9.97. The van der Waals surface area contributed by atoms with Crippen LogP contribution in [0.15, 0.2) is 60.7 Å². The van der Waals surface area contributed by atoms with Crippen molar-refractivity contribution in [3.05, 3.63) is 72.0 Å². The summed E-state index contributed by atoms with van der Waals surface area (Å²) in [5.41, 5.74) is 1.36. The number of fused-ring (bicyclic) bond motifs is 1. The van der Waals surface area contributed by atoms with Gasteiger partial charge in [-0.1, -0.05) is 30.3 Å². The minimum absolute atomic E-state index is 0.173. The minimum Gasteiger partial charge on any atom is -0.497 e. The average Bonchev–Trinajstić information content (AvgIpc) is 2.60. The monoisotopic (exact) mass is 323 g/mol. The van der Waals surface area contributed by atoms with E-state index in [1.807, 2.05) is 43.3 Å². The number of halogens is 1. The van der Waals surface area contributed by atoms with Crippen molar-refractivity contribution in [2.45, 2.75) is 12.8 Å². The first-order valence-electron chi connectivity index (χ1n) is 7.71. The van der Waals surface area contributed by atoms with Crippen molar-refractivity contribution in [3.8, 4) is 5.75 Å². The van der Waals surface area contributed by atoms with Crippen LogP contribution in [0.1, 0.15) is 18.4 Å². The van der Waals surface area contributed by atoms with Crippen LogP contribution < -0.4 is 10.1 Å². The van der Waals surface area contributed by atoms with Gasteiger partial charge in [0, 0.05) is 5.69 Å². The molecular weight excluding hydrogens is 305 g/mol. The van der Waals surface area contributed by atoms with Crippen LogP contribution in [0.2, 0.25) is 0 Å². The van der Waals surface area contributed by atoms with E-state index in [-0.39, 0.29) is 17.6 Å². The Balaban J connectivity index is 1.82. The molecule has 0 fully saturated rings. The molecule has 0 aliphatic carbocycles. The Morgan fingerprint density at radius 3 is 2.54 bits per heavy atom. The zero-order valence-corrected chi connectivity index (χ0v) is 13.5. The lowest BCUT2D eigenvalue weighted by molar-refractivity contribution is -0.117. The molecule has 3 rings (SSSR count). The third-order valence-electron chi connectivity index (χ3n) is 4.06. The fraction of sp³-hybridized carbons (Fsp3) is 0.150. The largest absolute Gasteiger partial charge is 0.497 e. The second-order valence-electron chi connectivity index (χ2n) is 5.69. The molecule has 1 amide bonds.